The van der Waals surface area contributed by atoms with E-state index in [1.807, 2.05) is 0 Å². The highest BCUT2D eigenvalue weighted by Crippen LogP contribution is 2.28. The van der Waals surface area contributed by atoms with Gasteiger partial charge in [0.1, 0.15) is 12.4 Å². The lowest BCUT2D eigenvalue weighted by Gasteiger charge is -2.27. The van der Waals surface area contributed by atoms with Gasteiger partial charge in [0.15, 0.2) is 5.78 Å². The first-order valence-corrected chi connectivity index (χ1v) is 11.5. The number of benzene rings is 2. The Bertz CT molecular complexity index is 1090. The smallest absolute Gasteiger partial charge is 0.254 e. The van der Waals surface area contributed by atoms with Crippen molar-refractivity contribution >= 4 is 21.7 Å². The normalized spacial score (nSPS) is 17.4. The molecule has 2 aromatic rings. The van der Waals surface area contributed by atoms with Crippen molar-refractivity contribution in [2.45, 2.75) is 18.4 Å². The van der Waals surface area contributed by atoms with E-state index in [1.165, 1.54) is 35.5 Å². The minimum absolute atomic E-state index is 0.0936. The summed E-state index contributed by atoms with van der Waals surface area (Å²) in [5, 5.41) is 0. The Balaban J connectivity index is 1.59. The third-order valence-electron chi connectivity index (χ3n) is 5.45. The van der Waals surface area contributed by atoms with Crippen LogP contribution in [0.5, 0.6) is 5.75 Å². The van der Waals surface area contributed by atoms with E-state index in [2.05, 4.69) is 0 Å². The maximum atomic E-state index is 13.2. The van der Waals surface area contributed by atoms with Crippen LogP contribution in [0.3, 0.4) is 0 Å². The molecule has 1 fully saturated rings. The van der Waals surface area contributed by atoms with Gasteiger partial charge >= 0.3 is 0 Å². The Hall–Kier alpha value is -2.75. The van der Waals surface area contributed by atoms with Gasteiger partial charge in [-0.15, -0.1) is 0 Å². The molecule has 4 rings (SSSR count). The predicted octanol–water partition coefficient (Wildman–Crippen LogP) is 1.94. The summed E-state index contributed by atoms with van der Waals surface area (Å²) in [5.74, 6) is 0.339. The Kier molecular flexibility index (Phi) is 6.08. The number of fused-ring (bicyclic) bond motifs is 1. The quantitative estimate of drug-likeness (QED) is 0.669. The molecule has 31 heavy (non-hydrogen) atoms. The molecule has 0 aliphatic carbocycles. The number of sulfonamides is 1. The van der Waals surface area contributed by atoms with Crippen molar-refractivity contribution in [3.63, 3.8) is 0 Å². The zero-order chi connectivity index (χ0) is 22.0. The SMILES string of the molecule is CC(=O)c1ccc(S(=O)(=O)N2CCOc3ccc(C(=O)N4CCOCC4)cc3C2)cc1. The molecule has 0 spiro atoms. The second kappa shape index (κ2) is 8.78. The summed E-state index contributed by atoms with van der Waals surface area (Å²) < 4.78 is 38.8. The summed E-state index contributed by atoms with van der Waals surface area (Å²) in [5.41, 5.74) is 1.59. The third kappa shape index (κ3) is 4.48. The van der Waals surface area contributed by atoms with Crippen molar-refractivity contribution in [1.29, 1.82) is 0 Å². The number of hydrogen-bond donors (Lipinski definition) is 0. The summed E-state index contributed by atoms with van der Waals surface area (Å²) in [6.45, 7) is 3.99. The Labute approximate surface area is 181 Å². The van der Waals surface area contributed by atoms with Crippen molar-refractivity contribution in [3.8, 4) is 5.75 Å². The zero-order valence-corrected chi connectivity index (χ0v) is 18.1. The second-order valence-corrected chi connectivity index (χ2v) is 9.43. The Morgan fingerprint density at radius 3 is 2.26 bits per heavy atom. The first-order valence-electron chi connectivity index (χ1n) is 10.1. The molecule has 8 nitrogen and oxygen atoms in total. The van der Waals surface area contributed by atoms with Gasteiger partial charge in [-0.1, -0.05) is 12.1 Å². The van der Waals surface area contributed by atoms with E-state index in [0.29, 0.717) is 48.7 Å². The number of amides is 1. The van der Waals surface area contributed by atoms with Crippen LogP contribution in [0, 0.1) is 0 Å². The van der Waals surface area contributed by atoms with E-state index >= 15 is 0 Å². The minimum Gasteiger partial charge on any atom is -0.492 e. The monoisotopic (exact) mass is 444 g/mol. The summed E-state index contributed by atoms with van der Waals surface area (Å²) in [6.07, 6.45) is 0. The number of rotatable bonds is 4. The molecule has 9 heteroatoms. The maximum Gasteiger partial charge on any atom is 0.254 e. The van der Waals surface area contributed by atoms with Gasteiger partial charge in [-0.3, -0.25) is 9.59 Å². The molecule has 0 atom stereocenters. The number of ketones is 1. The molecular formula is C22H24N2O6S. The lowest BCUT2D eigenvalue weighted by Crippen LogP contribution is -2.40. The predicted molar refractivity (Wildman–Crippen MR) is 113 cm³/mol. The first kappa shape index (κ1) is 21.5. The van der Waals surface area contributed by atoms with Gasteiger partial charge in [0.25, 0.3) is 5.91 Å². The average Bonchev–Trinajstić information content (AvgIpc) is 3.01. The maximum absolute atomic E-state index is 13.2. The van der Waals surface area contributed by atoms with E-state index in [9.17, 15) is 18.0 Å². The van der Waals surface area contributed by atoms with E-state index < -0.39 is 10.0 Å². The highest BCUT2D eigenvalue weighted by molar-refractivity contribution is 7.89. The second-order valence-electron chi connectivity index (χ2n) is 7.49. The molecule has 0 aromatic heterocycles. The van der Waals surface area contributed by atoms with Crippen LogP contribution in [-0.2, 0) is 21.3 Å². The fourth-order valence-electron chi connectivity index (χ4n) is 3.67. The fourth-order valence-corrected chi connectivity index (χ4v) is 5.07. The van der Waals surface area contributed by atoms with Crippen molar-refractivity contribution in [3.05, 3.63) is 59.2 Å². The molecule has 0 N–H and O–H groups in total. The van der Waals surface area contributed by atoms with Crippen molar-refractivity contribution in [2.75, 3.05) is 39.5 Å². The molecule has 2 heterocycles. The molecule has 1 saturated heterocycles. The van der Waals surface area contributed by atoms with E-state index in [-0.39, 0.29) is 36.3 Å². The molecule has 0 bridgehead atoms. The standard InChI is InChI=1S/C22H24N2O6S/c1-16(25)17-2-5-20(6-3-17)31(27,28)24-10-13-30-21-7-4-18(14-19(21)15-24)22(26)23-8-11-29-12-9-23/h2-7,14H,8-13,15H2,1H3. The number of nitrogens with zero attached hydrogens (tertiary/aromatic N) is 2. The van der Waals surface area contributed by atoms with Crippen LogP contribution >= 0.6 is 0 Å². The molecule has 0 unspecified atom stereocenters. The van der Waals surface area contributed by atoms with Crippen molar-refractivity contribution < 1.29 is 27.5 Å². The van der Waals surface area contributed by atoms with Gasteiger partial charge in [-0.25, -0.2) is 8.42 Å². The van der Waals surface area contributed by atoms with Gasteiger partial charge in [0.05, 0.1) is 18.1 Å². The largest absolute Gasteiger partial charge is 0.492 e. The number of carbonyl (C=O) groups is 2. The molecule has 0 radical (unpaired) electrons. The minimum atomic E-state index is -3.79. The van der Waals surface area contributed by atoms with Crippen LogP contribution in [0.4, 0.5) is 0 Å². The van der Waals surface area contributed by atoms with Crippen LogP contribution in [0.25, 0.3) is 0 Å². The number of hydrogen-bond acceptors (Lipinski definition) is 6. The molecular weight excluding hydrogens is 420 g/mol. The third-order valence-corrected chi connectivity index (χ3v) is 7.31. The Morgan fingerprint density at radius 1 is 0.903 bits per heavy atom. The summed E-state index contributed by atoms with van der Waals surface area (Å²) in [6, 6.07) is 11.0. The molecule has 0 saturated carbocycles. The number of morpholine rings is 1. The first-order chi connectivity index (χ1) is 14.9. The van der Waals surface area contributed by atoms with E-state index in [1.54, 1.807) is 23.1 Å². The number of carbonyl (C=O) groups excluding carboxylic acids is 2. The Morgan fingerprint density at radius 2 is 1.58 bits per heavy atom. The summed E-state index contributed by atoms with van der Waals surface area (Å²) in [4.78, 5) is 26.1. The molecule has 1 amide bonds. The highest BCUT2D eigenvalue weighted by atomic mass is 32.2. The van der Waals surface area contributed by atoms with E-state index in [0.717, 1.165) is 0 Å². The lowest BCUT2D eigenvalue weighted by atomic mass is 10.1. The lowest BCUT2D eigenvalue weighted by molar-refractivity contribution is 0.0303. The summed E-state index contributed by atoms with van der Waals surface area (Å²) >= 11 is 0. The van der Waals surface area contributed by atoms with Crippen LogP contribution in [-0.4, -0.2) is 68.8 Å². The number of ether oxygens (including phenoxy) is 2. The van der Waals surface area contributed by atoms with Gasteiger partial charge in [0.2, 0.25) is 10.0 Å². The topological polar surface area (TPSA) is 93.2 Å². The molecule has 164 valence electrons. The highest BCUT2D eigenvalue weighted by Gasteiger charge is 2.29. The molecule has 2 aliphatic heterocycles. The number of Topliss-reactive ketones (excluding diaryl/α,β-unsaturated/α-hetero) is 1. The van der Waals surface area contributed by atoms with Crippen LogP contribution in [0.15, 0.2) is 47.4 Å². The van der Waals surface area contributed by atoms with Crippen LogP contribution in [0.2, 0.25) is 0 Å². The van der Waals surface area contributed by atoms with Gasteiger partial charge < -0.3 is 14.4 Å². The average molecular weight is 445 g/mol. The zero-order valence-electron chi connectivity index (χ0n) is 17.2. The van der Waals surface area contributed by atoms with Gasteiger partial charge in [0, 0.05) is 42.9 Å². The van der Waals surface area contributed by atoms with Crippen molar-refractivity contribution in [1.82, 2.24) is 9.21 Å². The van der Waals surface area contributed by atoms with Crippen LogP contribution in [0.1, 0.15) is 33.2 Å². The van der Waals surface area contributed by atoms with Crippen LogP contribution < -0.4 is 4.74 Å². The fraction of sp³-hybridized carbons (Fsp3) is 0.364. The van der Waals surface area contributed by atoms with Crippen molar-refractivity contribution in [2.24, 2.45) is 0 Å². The molecule has 2 aliphatic rings. The van der Waals surface area contributed by atoms with E-state index in [4.69, 9.17) is 9.47 Å². The van der Waals surface area contributed by atoms with Gasteiger partial charge in [-0.2, -0.15) is 4.31 Å². The summed E-state index contributed by atoms with van der Waals surface area (Å²) in [7, 11) is -3.79. The van der Waals surface area contributed by atoms with Gasteiger partial charge in [-0.05, 0) is 37.3 Å². The molecule has 2 aromatic carbocycles.